The van der Waals surface area contributed by atoms with Crippen molar-refractivity contribution >= 4 is 11.7 Å². The summed E-state index contributed by atoms with van der Waals surface area (Å²) in [6.45, 7) is 3.20. The van der Waals surface area contributed by atoms with Crippen LogP contribution < -0.4 is 4.90 Å². The zero-order valence-electron chi connectivity index (χ0n) is 9.61. The molecular weight excluding hydrogens is 221 g/mol. The van der Waals surface area contributed by atoms with Crippen LogP contribution in [0.1, 0.15) is 23.7 Å². The number of benzene rings is 1. The second-order valence-electron chi connectivity index (χ2n) is 4.20. The molecule has 2 rings (SSSR count). The Morgan fingerprint density at radius 2 is 2.24 bits per heavy atom. The zero-order chi connectivity index (χ0) is 12.4. The van der Waals surface area contributed by atoms with Gasteiger partial charge in [0.15, 0.2) is 0 Å². The van der Waals surface area contributed by atoms with Crippen molar-refractivity contribution in [3.8, 4) is 0 Å². The summed E-state index contributed by atoms with van der Waals surface area (Å²) < 4.78 is 13.8. The molecule has 1 aromatic rings. The van der Waals surface area contributed by atoms with Crippen molar-refractivity contribution < 1.29 is 14.3 Å². The molecule has 17 heavy (non-hydrogen) atoms. The van der Waals surface area contributed by atoms with Crippen LogP contribution in [0.25, 0.3) is 0 Å². The normalized spacial score (nSPS) is 15.6. The van der Waals surface area contributed by atoms with Crippen molar-refractivity contribution in [1.29, 1.82) is 0 Å². The minimum atomic E-state index is -1.09. The molecule has 0 spiro atoms. The van der Waals surface area contributed by atoms with Crippen molar-refractivity contribution in [3.05, 3.63) is 41.2 Å². The standard InChI is InChI=1S/C13H14FNO2/c1-9-4-3-7-15(8-9)12-10(13(16)17)5-2-6-11(12)14/h2,4-6H,3,7-8H2,1H3,(H,16,17). The highest BCUT2D eigenvalue weighted by Gasteiger charge is 2.21. The number of hydrogen-bond donors (Lipinski definition) is 1. The Kier molecular flexibility index (Phi) is 3.13. The predicted molar refractivity (Wildman–Crippen MR) is 63.9 cm³/mol. The third-order valence-corrected chi connectivity index (χ3v) is 2.87. The van der Waals surface area contributed by atoms with Gasteiger partial charge in [-0.1, -0.05) is 17.7 Å². The first kappa shape index (κ1) is 11.6. The minimum absolute atomic E-state index is 0.0275. The number of carbonyl (C=O) groups is 1. The van der Waals surface area contributed by atoms with Crippen molar-refractivity contribution in [2.45, 2.75) is 13.3 Å². The first-order valence-corrected chi connectivity index (χ1v) is 5.52. The summed E-state index contributed by atoms with van der Waals surface area (Å²) in [5.74, 6) is -1.56. The molecule has 1 aliphatic heterocycles. The van der Waals surface area contributed by atoms with Gasteiger partial charge >= 0.3 is 5.97 Å². The predicted octanol–water partition coefficient (Wildman–Crippen LogP) is 2.68. The topological polar surface area (TPSA) is 40.5 Å². The number of halogens is 1. The molecule has 1 heterocycles. The highest BCUT2D eigenvalue weighted by atomic mass is 19.1. The molecule has 0 aromatic heterocycles. The number of aromatic carboxylic acids is 1. The van der Waals surface area contributed by atoms with E-state index in [0.29, 0.717) is 13.1 Å². The highest BCUT2D eigenvalue weighted by molar-refractivity contribution is 5.94. The molecule has 1 aromatic carbocycles. The van der Waals surface area contributed by atoms with E-state index in [-0.39, 0.29) is 11.3 Å². The van der Waals surface area contributed by atoms with E-state index < -0.39 is 11.8 Å². The molecule has 1 N–H and O–H groups in total. The maximum absolute atomic E-state index is 13.8. The van der Waals surface area contributed by atoms with Crippen LogP contribution in [0.4, 0.5) is 10.1 Å². The van der Waals surface area contributed by atoms with Gasteiger partial charge in [0.05, 0.1) is 11.3 Å². The molecule has 0 atom stereocenters. The first-order chi connectivity index (χ1) is 8.09. The smallest absolute Gasteiger partial charge is 0.337 e. The van der Waals surface area contributed by atoms with E-state index in [9.17, 15) is 9.18 Å². The van der Waals surface area contributed by atoms with Crippen molar-refractivity contribution in [2.24, 2.45) is 0 Å². The fourth-order valence-electron chi connectivity index (χ4n) is 2.11. The van der Waals surface area contributed by atoms with Gasteiger partial charge in [0.25, 0.3) is 0 Å². The second-order valence-corrected chi connectivity index (χ2v) is 4.20. The number of hydrogen-bond acceptors (Lipinski definition) is 2. The zero-order valence-corrected chi connectivity index (χ0v) is 9.61. The highest BCUT2D eigenvalue weighted by Crippen LogP contribution is 2.27. The van der Waals surface area contributed by atoms with E-state index >= 15 is 0 Å². The molecule has 0 amide bonds. The maximum Gasteiger partial charge on any atom is 0.337 e. The number of para-hydroxylation sites is 1. The van der Waals surface area contributed by atoms with E-state index in [1.165, 1.54) is 18.2 Å². The molecule has 0 fully saturated rings. The van der Waals surface area contributed by atoms with Crippen LogP contribution in [-0.2, 0) is 0 Å². The summed E-state index contributed by atoms with van der Waals surface area (Å²) in [6, 6.07) is 4.17. The average Bonchev–Trinajstić information content (AvgIpc) is 2.28. The van der Waals surface area contributed by atoms with Crippen LogP contribution in [0.15, 0.2) is 29.8 Å². The summed E-state index contributed by atoms with van der Waals surface area (Å²) in [7, 11) is 0. The van der Waals surface area contributed by atoms with Gasteiger partial charge in [-0.05, 0) is 25.5 Å². The van der Waals surface area contributed by atoms with E-state index in [1.54, 1.807) is 4.90 Å². The Morgan fingerprint density at radius 1 is 1.47 bits per heavy atom. The van der Waals surface area contributed by atoms with Gasteiger partial charge in [-0.3, -0.25) is 0 Å². The average molecular weight is 235 g/mol. The molecule has 3 nitrogen and oxygen atoms in total. The molecule has 0 unspecified atom stereocenters. The van der Waals surface area contributed by atoms with Gasteiger partial charge in [-0.2, -0.15) is 0 Å². The third-order valence-electron chi connectivity index (χ3n) is 2.87. The Labute approximate surface area is 99.2 Å². The molecule has 0 bridgehead atoms. The lowest BCUT2D eigenvalue weighted by Gasteiger charge is -2.29. The fourth-order valence-corrected chi connectivity index (χ4v) is 2.11. The monoisotopic (exact) mass is 235 g/mol. The van der Waals surface area contributed by atoms with Gasteiger partial charge in [0.1, 0.15) is 5.82 Å². The lowest BCUT2D eigenvalue weighted by atomic mass is 10.1. The van der Waals surface area contributed by atoms with Crippen LogP contribution in [0.5, 0.6) is 0 Å². The summed E-state index contributed by atoms with van der Waals surface area (Å²) >= 11 is 0. The number of anilines is 1. The van der Waals surface area contributed by atoms with Crippen LogP contribution in [0, 0.1) is 5.82 Å². The number of carboxylic acid groups (broad SMARTS) is 1. The Bertz CT molecular complexity index is 482. The quantitative estimate of drug-likeness (QED) is 0.801. The first-order valence-electron chi connectivity index (χ1n) is 5.52. The largest absolute Gasteiger partial charge is 0.478 e. The van der Waals surface area contributed by atoms with Crippen molar-refractivity contribution in [1.82, 2.24) is 0 Å². The third kappa shape index (κ3) is 2.30. The van der Waals surface area contributed by atoms with Crippen LogP contribution >= 0.6 is 0 Å². The number of carboxylic acids is 1. The van der Waals surface area contributed by atoms with Crippen LogP contribution in [0.3, 0.4) is 0 Å². The number of nitrogens with zero attached hydrogens (tertiary/aromatic N) is 1. The fraction of sp³-hybridized carbons (Fsp3) is 0.308. The lowest BCUT2D eigenvalue weighted by molar-refractivity contribution is 0.0697. The van der Waals surface area contributed by atoms with E-state index in [4.69, 9.17) is 5.11 Å². The maximum atomic E-state index is 13.8. The SMILES string of the molecule is CC1=CCCN(c2c(F)cccc2C(=O)O)C1. The molecule has 4 heteroatoms. The van der Waals surface area contributed by atoms with Gasteiger partial charge in [0.2, 0.25) is 0 Å². The molecule has 0 saturated carbocycles. The van der Waals surface area contributed by atoms with Gasteiger partial charge in [-0.25, -0.2) is 9.18 Å². The minimum Gasteiger partial charge on any atom is -0.478 e. The Morgan fingerprint density at radius 3 is 2.88 bits per heavy atom. The molecule has 0 saturated heterocycles. The lowest BCUT2D eigenvalue weighted by Crippen LogP contribution is -2.31. The second kappa shape index (κ2) is 4.57. The summed E-state index contributed by atoms with van der Waals surface area (Å²) in [6.07, 6.45) is 2.91. The summed E-state index contributed by atoms with van der Waals surface area (Å²) in [5.41, 5.74) is 1.36. The molecule has 1 aliphatic rings. The van der Waals surface area contributed by atoms with Crippen LogP contribution in [-0.4, -0.2) is 24.2 Å². The summed E-state index contributed by atoms with van der Waals surface area (Å²) in [5, 5.41) is 9.08. The van der Waals surface area contributed by atoms with Crippen molar-refractivity contribution in [2.75, 3.05) is 18.0 Å². The van der Waals surface area contributed by atoms with E-state index in [2.05, 4.69) is 6.08 Å². The Balaban J connectivity index is 2.43. The Hall–Kier alpha value is -1.84. The summed E-state index contributed by atoms with van der Waals surface area (Å²) in [4.78, 5) is 12.9. The molecular formula is C13H14FNO2. The van der Waals surface area contributed by atoms with E-state index in [0.717, 1.165) is 12.0 Å². The van der Waals surface area contributed by atoms with Gasteiger partial charge in [0, 0.05) is 13.1 Å². The molecule has 0 radical (unpaired) electrons. The van der Waals surface area contributed by atoms with Gasteiger partial charge in [-0.15, -0.1) is 0 Å². The molecule has 0 aliphatic carbocycles. The molecule has 90 valence electrons. The van der Waals surface area contributed by atoms with Crippen LogP contribution in [0.2, 0.25) is 0 Å². The number of rotatable bonds is 2. The van der Waals surface area contributed by atoms with Gasteiger partial charge < -0.3 is 10.0 Å². The van der Waals surface area contributed by atoms with E-state index in [1.807, 2.05) is 6.92 Å². The van der Waals surface area contributed by atoms with Crippen molar-refractivity contribution in [3.63, 3.8) is 0 Å².